The van der Waals surface area contributed by atoms with E-state index in [9.17, 15) is 18.0 Å². The molecule has 0 bridgehead atoms. The van der Waals surface area contributed by atoms with Gasteiger partial charge in [0.2, 0.25) is 10.0 Å². The van der Waals surface area contributed by atoms with Crippen molar-refractivity contribution in [1.29, 1.82) is 0 Å². The lowest BCUT2D eigenvalue weighted by Gasteiger charge is -2.32. The van der Waals surface area contributed by atoms with Crippen molar-refractivity contribution in [3.8, 4) is 5.75 Å². The molecule has 1 aromatic heterocycles. The number of aromatic nitrogens is 1. The third kappa shape index (κ3) is 4.11. The number of amides is 2. The molecule has 1 aromatic carbocycles. The first-order valence-corrected chi connectivity index (χ1v) is 11.1. The summed E-state index contributed by atoms with van der Waals surface area (Å²) in [6, 6.07) is 5.93. The maximum Gasteiger partial charge on any atom is 0.262 e. The molecule has 9 nitrogen and oxygen atoms in total. The molecular formula is C19H19ClN4O5S. The van der Waals surface area contributed by atoms with Crippen LogP contribution in [0.25, 0.3) is 0 Å². The number of halogens is 1. The second kappa shape index (κ2) is 8.21. The second-order valence-corrected chi connectivity index (χ2v) is 9.32. The van der Waals surface area contributed by atoms with Crippen LogP contribution in [0.2, 0.25) is 5.02 Å². The van der Waals surface area contributed by atoms with Gasteiger partial charge in [-0.15, -0.1) is 0 Å². The third-order valence-electron chi connectivity index (χ3n) is 5.00. The molecule has 2 N–H and O–H groups in total. The van der Waals surface area contributed by atoms with Crippen molar-refractivity contribution in [1.82, 2.24) is 14.6 Å². The van der Waals surface area contributed by atoms with Crippen LogP contribution in [0, 0.1) is 0 Å². The highest BCUT2D eigenvalue weighted by molar-refractivity contribution is 7.89. The number of carbonyl (C=O) groups excluding carboxylic acids is 2. The number of benzene rings is 1. The molecule has 3 heterocycles. The number of nitrogens with zero attached hydrogens (tertiary/aromatic N) is 2. The van der Waals surface area contributed by atoms with Gasteiger partial charge in [-0.3, -0.25) is 14.6 Å². The smallest absolute Gasteiger partial charge is 0.262 e. The second-order valence-electron chi connectivity index (χ2n) is 7.01. The largest absolute Gasteiger partial charge is 0.482 e. The summed E-state index contributed by atoms with van der Waals surface area (Å²) in [4.78, 5) is 27.6. The fourth-order valence-corrected chi connectivity index (χ4v) is 5.41. The van der Waals surface area contributed by atoms with Crippen LogP contribution in [-0.2, 0) is 14.8 Å². The Morgan fingerprint density at radius 2 is 2.07 bits per heavy atom. The molecule has 1 fully saturated rings. The molecule has 2 aromatic rings. The molecule has 2 aliphatic heterocycles. The average molecular weight is 451 g/mol. The average Bonchev–Trinajstić information content (AvgIpc) is 2.74. The first-order valence-electron chi connectivity index (χ1n) is 9.32. The number of hydrogen-bond donors (Lipinski definition) is 2. The van der Waals surface area contributed by atoms with Gasteiger partial charge in [0.15, 0.2) is 6.61 Å². The number of anilines is 1. The molecule has 0 aliphatic carbocycles. The zero-order chi connectivity index (χ0) is 21.3. The summed E-state index contributed by atoms with van der Waals surface area (Å²) < 4.78 is 32.9. The van der Waals surface area contributed by atoms with E-state index in [1.54, 1.807) is 18.3 Å². The minimum Gasteiger partial charge on any atom is -0.482 e. The summed E-state index contributed by atoms with van der Waals surface area (Å²) >= 11 is 6.20. The quantitative estimate of drug-likeness (QED) is 0.731. The first kappa shape index (κ1) is 20.6. The molecule has 0 saturated carbocycles. The van der Waals surface area contributed by atoms with Gasteiger partial charge in [-0.2, -0.15) is 4.31 Å². The molecule has 0 unspecified atom stereocenters. The van der Waals surface area contributed by atoms with Crippen LogP contribution in [0.5, 0.6) is 5.75 Å². The summed E-state index contributed by atoms with van der Waals surface area (Å²) in [5.74, 6) is -0.304. The summed E-state index contributed by atoms with van der Waals surface area (Å²) in [5.41, 5.74) is 0.799. The molecule has 0 radical (unpaired) electrons. The summed E-state index contributed by atoms with van der Waals surface area (Å²) in [6.45, 7) is 0.298. The highest BCUT2D eigenvalue weighted by Gasteiger charge is 2.33. The Hall–Kier alpha value is -2.69. The zero-order valence-electron chi connectivity index (χ0n) is 15.8. The summed E-state index contributed by atoms with van der Waals surface area (Å²) in [7, 11) is -3.86. The van der Waals surface area contributed by atoms with Crippen molar-refractivity contribution >= 4 is 39.1 Å². The van der Waals surface area contributed by atoms with E-state index < -0.39 is 10.0 Å². The van der Waals surface area contributed by atoms with Gasteiger partial charge in [0.1, 0.15) is 10.6 Å². The minimum absolute atomic E-state index is 0.00607. The highest BCUT2D eigenvalue weighted by atomic mass is 35.5. The number of nitrogens with one attached hydrogen (secondary N) is 2. The van der Waals surface area contributed by atoms with E-state index in [2.05, 4.69) is 15.6 Å². The number of carbonyl (C=O) groups is 2. The van der Waals surface area contributed by atoms with Crippen molar-refractivity contribution in [2.75, 3.05) is 25.0 Å². The molecule has 11 heteroatoms. The van der Waals surface area contributed by atoms with Gasteiger partial charge >= 0.3 is 0 Å². The van der Waals surface area contributed by atoms with Crippen molar-refractivity contribution in [2.24, 2.45) is 0 Å². The molecule has 2 amide bonds. The Kier molecular flexibility index (Phi) is 5.63. The van der Waals surface area contributed by atoms with E-state index in [0.29, 0.717) is 24.1 Å². The zero-order valence-corrected chi connectivity index (χ0v) is 17.4. The lowest BCUT2D eigenvalue weighted by molar-refractivity contribution is -0.118. The fraction of sp³-hybridized carbons (Fsp3) is 0.316. The first-order chi connectivity index (χ1) is 14.3. The number of pyridine rings is 1. The van der Waals surface area contributed by atoms with Crippen molar-refractivity contribution in [3.05, 3.63) is 47.2 Å². The van der Waals surface area contributed by atoms with Gasteiger partial charge in [-0.25, -0.2) is 8.42 Å². The Morgan fingerprint density at radius 3 is 2.77 bits per heavy atom. The van der Waals surface area contributed by atoms with Crippen molar-refractivity contribution < 1.29 is 22.7 Å². The lowest BCUT2D eigenvalue weighted by Crippen LogP contribution is -2.46. The van der Waals surface area contributed by atoms with Crippen LogP contribution < -0.4 is 15.4 Å². The number of rotatable bonds is 4. The van der Waals surface area contributed by atoms with Crippen LogP contribution in [0.3, 0.4) is 0 Å². The van der Waals surface area contributed by atoms with E-state index in [4.69, 9.17) is 16.3 Å². The maximum atomic E-state index is 13.1. The topological polar surface area (TPSA) is 118 Å². The number of ether oxygens (including phenoxy) is 1. The van der Waals surface area contributed by atoms with Crippen LogP contribution in [0.1, 0.15) is 23.2 Å². The van der Waals surface area contributed by atoms with E-state index in [1.165, 1.54) is 22.6 Å². The monoisotopic (exact) mass is 450 g/mol. The number of fused-ring (bicyclic) bond motifs is 1. The standard InChI is InChI=1S/C19H19ClN4O5S/c20-14-8-15-16(29-11-18(25)23-15)9-17(14)30(27,28)24-6-3-13(4-7-24)22-19(26)12-2-1-5-21-10-12/h1-2,5,8-10,13H,3-4,6-7,11H2,(H,22,26)(H,23,25). The SMILES string of the molecule is O=C1COc2cc(S(=O)(=O)N3CCC(NC(=O)c4cccnc4)CC3)c(Cl)cc2N1. The van der Waals surface area contributed by atoms with Gasteiger partial charge in [0, 0.05) is 37.6 Å². The van der Waals surface area contributed by atoms with Gasteiger partial charge in [0.05, 0.1) is 16.3 Å². The normalized spacial score (nSPS) is 17.6. The van der Waals surface area contributed by atoms with Crippen molar-refractivity contribution in [2.45, 2.75) is 23.8 Å². The van der Waals surface area contributed by atoms with Gasteiger partial charge in [-0.1, -0.05) is 11.6 Å². The number of hydrogen-bond acceptors (Lipinski definition) is 6. The van der Waals surface area contributed by atoms with Gasteiger partial charge in [-0.05, 0) is 31.0 Å². The molecule has 0 spiro atoms. The van der Waals surface area contributed by atoms with Crippen molar-refractivity contribution in [3.63, 3.8) is 0 Å². The van der Waals surface area contributed by atoms with E-state index >= 15 is 0 Å². The number of sulfonamides is 1. The van der Waals surface area contributed by atoms with Gasteiger partial charge in [0.25, 0.3) is 11.8 Å². The van der Waals surface area contributed by atoms with Gasteiger partial charge < -0.3 is 15.4 Å². The highest BCUT2D eigenvalue weighted by Crippen LogP contribution is 2.37. The molecule has 2 aliphatic rings. The van der Waals surface area contributed by atoms with E-state index in [0.717, 1.165) is 0 Å². The molecular weight excluding hydrogens is 432 g/mol. The van der Waals surface area contributed by atoms with E-state index in [1.807, 2.05) is 0 Å². The predicted molar refractivity (Wildman–Crippen MR) is 109 cm³/mol. The Labute approximate surface area is 178 Å². The van der Waals surface area contributed by atoms with E-state index in [-0.39, 0.29) is 53.2 Å². The van der Waals surface area contributed by atoms with Crippen LogP contribution in [0.15, 0.2) is 41.6 Å². The number of piperidine rings is 1. The minimum atomic E-state index is -3.86. The Balaban J connectivity index is 1.44. The maximum absolute atomic E-state index is 13.1. The third-order valence-corrected chi connectivity index (χ3v) is 7.36. The molecule has 0 atom stereocenters. The lowest BCUT2D eigenvalue weighted by atomic mass is 10.1. The molecule has 4 rings (SSSR count). The molecule has 158 valence electrons. The predicted octanol–water partition coefficient (Wildman–Crippen LogP) is 1.65. The Morgan fingerprint density at radius 1 is 1.30 bits per heavy atom. The summed E-state index contributed by atoms with van der Waals surface area (Å²) in [5, 5.41) is 5.52. The van der Waals surface area contributed by atoms with Crippen LogP contribution in [-0.4, -0.2) is 55.3 Å². The summed E-state index contributed by atoms with van der Waals surface area (Å²) in [6.07, 6.45) is 4.02. The van der Waals surface area contributed by atoms with Crippen LogP contribution in [0.4, 0.5) is 5.69 Å². The van der Waals surface area contributed by atoms with Crippen LogP contribution >= 0.6 is 11.6 Å². The Bertz CT molecular complexity index is 1090. The molecule has 30 heavy (non-hydrogen) atoms. The fourth-order valence-electron chi connectivity index (χ4n) is 3.42. The molecule has 1 saturated heterocycles.